The molecule has 3 aliphatic rings. The van der Waals surface area contributed by atoms with Gasteiger partial charge in [0.25, 0.3) is 0 Å². The zero-order chi connectivity index (χ0) is 16.8. The van der Waals surface area contributed by atoms with Gasteiger partial charge in [0.15, 0.2) is 0 Å². The summed E-state index contributed by atoms with van der Waals surface area (Å²) in [6.07, 6.45) is 9.01. The second kappa shape index (κ2) is 5.83. The van der Waals surface area contributed by atoms with Gasteiger partial charge in [0.2, 0.25) is 5.91 Å². The van der Waals surface area contributed by atoms with Crippen LogP contribution >= 0.6 is 0 Å². The summed E-state index contributed by atoms with van der Waals surface area (Å²) in [6.45, 7) is 0.796. The van der Waals surface area contributed by atoms with Crippen molar-refractivity contribution in [3.05, 3.63) is 53.1 Å². The Bertz CT molecular complexity index is 835. The lowest BCUT2D eigenvalue weighted by Crippen LogP contribution is -2.43. The fourth-order valence-electron chi connectivity index (χ4n) is 4.59. The molecule has 1 aromatic heterocycles. The van der Waals surface area contributed by atoms with Crippen LogP contribution in [0.3, 0.4) is 0 Å². The SMILES string of the molecule is O=C(Cc1ccc2c(c1)CCCO2)N1C2CCC1c1cncnc1C2. The Kier molecular flexibility index (Phi) is 3.47. The van der Waals surface area contributed by atoms with Crippen molar-refractivity contribution in [1.82, 2.24) is 14.9 Å². The van der Waals surface area contributed by atoms with E-state index in [0.29, 0.717) is 12.5 Å². The topological polar surface area (TPSA) is 55.3 Å². The highest BCUT2D eigenvalue weighted by Crippen LogP contribution is 2.43. The number of ether oxygens (including phenoxy) is 1. The largest absolute Gasteiger partial charge is 0.493 e. The van der Waals surface area contributed by atoms with Crippen LogP contribution in [0.5, 0.6) is 5.75 Å². The molecule has 4 heterocycles. The van der Waals surface area contributed by atoms with E-state index in [1.54, 1.807) is 6.33 Å². The maximum Gasteiger partial charge on any atom is 0.227 e. The van der Waals surface area contributed by atoms with Crippen LogP contribution in [-0.2, 0) is 24.1 Å². The molecule has 5 rings (SSSR count). The van der Waals surface area contributed by atoms with Crippen LogP contribution in [0.1, 0.15) is 47.7 Å². The highest BCUT2D eigenvalue weighted by molar-refractivity contribution is 5.80. The van der Waals surface area contributed by atoms with Gasteiger partial charge in [0, 0.05) is 24.2 Å². The lowest BCUT2D eigenvalue weighted by molar-refractivity contribution is -0.134. The van der Waals surface area contributed by atoms with Crippen LogP contribution in [0.15, 0.2) is 30.7 Å². The summed E-state index contributed by atoms with van der Waals surface area (Å²) in [5, 5.41) is 0. The van der Waals surface area contributed by atoms with Crippen LogP contribution in [0.4, 0.5) is 0 Å². The van der Waals surface area contributed by atoms with Crippen LogP contribution < -0.4 is 4.74 Å². The van der Waals surface area contributed by atoms with Crippen molar-refractivity contribution in [3.63, 3.8) is 0 Å². The van der Waals surface area contributed by atoms with Crippen molar-refractivity contribution in [2.24, 2.45) is 0 Å². The van der Waals surface area contributed by atoms with Gasteiger partial charge in [-0.2, -0.15) is 0 Å². The number of carbonyl (C=O) groups excluding carboxylic acids is 1. The van der Waals surface area contributed by atoms with E-state index in [9.17, 15) is 4.79 Å². The number of fused-ring (bicyclic) bond motifs is 5. The summed E-state index contributed by atoms with van der Waals surface area (Å²) in [6, 6.07) is 6.65. The Morgan fingerprint density at radius 3 is 3.24 bits per heavy atom. The summed E-state index contributed by atoms with van der Waals surface area (Å²) < 4.78 is 5.67. The molecule has 3 aliphatic heterocycles. The first-order valence-corrected chi connectivity index (χ1v) is 9.14. The van der Waals surface area contributed by atoms with Crippen LogP contribution in [0, 0.1) is 0 Å². The van der Waals surface area contributed by atoms with E-state index in [1.807, 2.05) is 18.3 Å². The number of benzene rings is 1. The van der Waals surface area contributed by atoms with Gasteiger partial charge in [-0.25, -0.2) is 9.97 Å². The molecule has 2 atom stereocenters. The molecular formula is C20H21N3O2. The predicted molar refractivity (Wildman–Crippen MR) is 92.3 cm³/mol. The molecule has 2 unspecified atom stereocenters. The van der Waals surface area contributed by atoms with Crippen molar-refractivity contribution in [2.45, 2.75) is 50.6 Å². The Morgan fingerprint density at radius 1 is 1.32 bits per heavy atom. The fourth-order valence-corrected chi connectivity index (χ4v) is 4.59. The smallest absolute Gasteiger partial charge is 0.227 e. The molecule has 5 heteroatoms. The summed E-state index contributed by atoms with van der Waals surface area (Å²) in [4.78, 5) is 23.8. The number of amides is 1. The van der Waals surface area contributed by atoms with Crippen molar-refractivity contribution in [3.8, 4) is 5.75 Å². The molecule has 2 aromatic rings. The molecule has 5 nitrogen and oxygen atoms in total. The molecular weight excluding hydrogens is 314 g/mol. The molecule has 0 N–H and O–H groups in total. The summed E-state index contributed by atoms with van der Waals surface area (Å²) in [7, 11) is 0. The molecule has 1 amide bonds. The third-order valence-electron chi connectivity index (χ3n) is 5.73. The average molecular weight is 335 g/mol. The van der Waals surface area contributed by atoms with Gasteiger partial charge in [-0.05, 0) is 42.9 Å². The molecule has 0 saturated carbocycles. The second-order valence-corrected chi connectivity index (χ2v) is 7.25. The number of carbonyl (C=O) groups is 1. The number of hydrogen-bond acceptors (Lipinski definition) is 4. The zero-order valence-corrected chi connectivity index (χ0v) is 14.1. The van der Waals surface area contributed by atoms with Crippen LogP contribution in [0.2, 0.25) is 0 Å². The molecule has 0 aliphatic carbocycles. The van der Waals surface area contributed by atoms with E-state index in [4.69, 9.17) is 4.74 Å². The first kappa shape index (κ1) is 14.9. The van der Waals surface area contributed by atoms with E-state index in [0.717, 1.165) is 61.3 Å². The maximum atomic E-state index is 13.1. The molecule has 1 aromatic carbocycles. The maximum absolute atomic E-state index is 13.1. The monoisotopic (exact) mass is 335 g/mol. The molecule has 128 valence electrons. The van der Waals surface area contributed by atoms with Crippen molar-refractivity contribution in [2.75, 3.05) is 6.61 Å². The molecule has 1 fully saturated rings. The minimum atomic E-state index is 0.156. The quantitative estimate of drug-likeness (QED) is 0.847. The Balaban J connectivity index is 1.39. The van der Waals surface area contributed by atoms with E-state index in [1.165, 1.54) is 5.56 Å². The first-order chi connectivity index (χ1) is 12.3. The fraction of sp³-hybridized carbons (Fsp3) is 0.450. The number of hydrogen-bond donors (Lipinski definition) is 0. The van der Waals surface area contributed by atoms with Crippen LogP contribution in [-0.4, -0.2) is 33.4 Å². The predicted octanol–water partition coefficient (Wildman–Crippen LogP) is 2.63. The highest BCUT2D eigenvalue weighted by Gasteiger charge is 2.42. The number of nitrogens with zero attached hydrogens (tertiary/aromatic N) is 3. The highest BCUT2D eigenvalue weighted by atomic mass is 16.5. The molecule has 1 saturated heterocycles. The van der Waals surface area contributed by atoms with Crippen molar-refractivity contribution in [1.29, 1.82) is 0 Å². The minimum Gasteiger partial charge on any atom is -0.493 e. The van der Waals surface area contributed by atoms with Gasteiger partial charge in [0.05, 0.1) is 24.8 Å². The Labute approximate surface area is 147 Å². The summed E-state index contributed by atoms with van der Waals surface area (Å²) in [5.41, 5.74) is 4.58. The molecule has 0 spiro atoms. The second-order valence-electron chi connectivity index (χ2n) is 7.25. The molecule has 2 bridgehead atoms. The minimum absolute atomic E-state index is 0.156. The normalized spacial score (nSPS) is 23.6. The average Bonchev–Trinajstić information content (AvgIpc) is 2.97. The Hall–Kier alpha value is -2.43. The van der Waals surface area contributed by atoms with Gasteiger partial charge in [0.1, 0.15) is 12.1 Å². The lowest BCUT2D eigenvalue weighted by atomic mass is 9.97. The van der Waals surface area contributed by atoms with Gasteiger partial charge in [-0.3, -0.25) is 4.79 Å². The first-order valence-electron chi connectivity index (χ1n) is 9.14. The van der Waals surface area contributed by atoms with E-state index in [-0.39, 0.29) is 11.9 Å². The van der Waals surface area contributed by atoms with Crippen LogP contribution in [0.25, 0.3) is 0 Å². The molecule has 0 radical (unpaired) electrons. The number of aryl methyl sites for hydroxylation is 1. The number of rotatable bonds is 2. The third kappa shape index (κ3) is 2.49. The van der Waals surface area contributed by atoms with Gasteiger partial charge in [-0.1, -0.05) is 12.1 Å². The van der Waals surface area contributed by atoms with Crippen molar-refractivity contribution >= 4 is 5.91 Å². The summed E-state index contributed by atoms with van der Waals surface area (Å²) in [5.74, 6) is 1.20. The lowest BCUT2D eigenvalue weighted by Gasteiger charge is -2.35. The summed E-state index contributed by atoms with van der Waals surface area (Å²) >= 11 is 0. The Morgan fingerprint density at radius 2 is 2.28 bits per heavy atom. The third-order valence-corrected chi connectivity index (χ3v) is 5.73. The van der Waals surface area contributed by atoms with Gasteiger partial charge < -0.3 is 9.64 Å². The standard InChI is InChI=1S/C20H21N3O2/c24-20(9-13-3-6-19-14(8-13)2-1-7-25-19)23-15-4-5-18(23)16-11-21-12-22-17(16)10-15/h3,6,8,11-12,15,18H,1-2,4-5,7,9-10H2. The van der Waals surface area contributed by atoms with Crippen molar-refractivity contribution < 1.29 is 9.53 Å². The van der Waals surface area contributed by atoms with E-state index in [2.05, 4.69) is 20.9 Å². The van der Waals surface area contributed by atoms with E-state index < -0.39 is 0 Å². The zero-order valence-electron chi connectivity index (χ0n) is 14.1. The van der Waals surface area contributed by atoms with Gasteiger partial charge >= 0.3 is 0 Å². The van der Waals surface area contributed by atoms with Gasteiger partial charge in [-0.15, -0.1) is 0 Å². The van der Waals surface area contributed by atoms with E-state index >= 15 is 0 Å². The molecule has 25 heavy (non-hydrogen) atoms. The number of aromatic nitrogens is 2.